The van der Waals surface area contributed by atoms with Gasteiger partial charge in [0.25, 0.3) is 0 Å². The van der Waals surface area contributed by atoms with Crippen LogP contribution in [0.4, 0.5) is 0 Å². The maximum absolute atomic E-state index is 9.24. The molecule has 1 aromatic carbocycles. The number of nitrogens with one attached hydrogen (secondary N) is 1. The van der Waals surface area contributed by atoms with Gasteiger partial charge in [0, 0.05) is 6.04 Å². The molecule has 1 aromatic rings. The summed E-state index contributed by atoms with van der Waals surface area (Å²) in [4.78, 5) is 0. The molecule has 0 heterocycles. The fraction of sp³-hybridized carbons (Fsp3) is 0.600. The molecule has 0 amide bonds. The molecule has 0 saturated heterocycles. The molecular formula is C15H23NO. The average molecular weight is 233 g/mol. The van der Waals surface area contributed by atoms with Gasteiger partial charge in [0.15, 0.2) is 0 Å². The van der Waals surface area contributed by atoms with Crippen LogP contribution in [0.15, 0.2) is 24.3 Å². The number of rotatable bonds is 7. The molecule has 1 saturated carbocycles. The predicted octanol–water partition coefficient (Wildman–Crippen LogP) is 3.10. The van der Waals surface area contributed by atoms with Crippen molar-refractivity contribution in [1.29, 1.82) is 0 Å². The molecule has 2 N–H and O–H groups in total. The third-order valence-electron chi connectivity index (χ3n) is 3.53. The Morgan fingerprint density at radius 3 is 2.59 bits per heavy atom. The van der Waals surface area contributed by atoms with Crippen LogP contribution < -0.4 is 5.32 Å². The Kier molecular flexibility index (Phi) is 4.43. The van der Waals surface area contributed by atoms with E-state index in [2.05, 4.69) is 12.2 Å². The quantitative estimate of drug-likeness (QED) is 0.758. The molecule has 0 bridgehead atoms. The van der Waals surface area contributed by atoms with Gasteiger partial charge in [-0.05, 0) is 62.3 Å². The van der Waals surface area contributed by atoms with Gasteiger partial charge >= 0.3 is 0 Å². The van der Waals surface area contributed by atoms with Crippen LogP contribution in [0.25, 0.3) is 0 Å². The van der Waals surface area contributed by atoms with E-state index in [4.69, 9.17) is 0 Å². The molecule has 94 valence electrons. The summed E-state index contributed by atoms with van der Waals surface area (Å²) in [5.74, 6) is 1.27. The van der Waals surface area contributed by atoms with Gasteiger partial charge in [-0.2, -0.15) is 0 Å². The van der Waals surface area contributed by atoms with Crippen LogP contribution in [-0.4, -0.2) is 17.7 Å². The van der Waals surface area contributed by atoms with Crippen LogP contribution in [0, 0.1) is 5.92 Å². The average Bonchev–Trinajstić information content (AvgIpc) is 3.16. The largest absolute Gasteiger partial charge is 0.508 e. The van der Waals surface area contributed by atoms with E-state index in [1.54, 1.807) is 12.1 Å². The number of phenolic OH excluding ortho intramolecular Hbond substituents is 1. The Balaban J connectivity index is 1.80. The van der Waals surface area contributed by atoms with Gasteiger partial charge in [0.1, 0.15) is 5.75 Å². The summed E-state index contributed by atoms with van der Waals surface area (Å²) in [6.45, 7) is 3.35. The van der Waals surface area contributed by atoms with Gasteiger partial charge in [-0.1, -0.05) is 19.1 Å². The van der Waals surface area contributed by atoms with E-state index < -0.39 is 0 Å². The zero-order valence-electron chi connectivity index (χ0n) is 10.7. The lowest BCUT2D eigenvalue weighted by molar-refractivity contribution is 0.435. The number of phenols is 1. The molecule has 0 radical (unpaired) electrons. The lowest BCUT2D eigenvalue weighted by atomic mass is 10.0. The minimum absolute atomic E-state index is 0.358. The third kappa shape index (κ3) is 4.04. The van der Waals surface area contributed by atoms with Crippen molar-refractivity contribution in [1.82, 2.24) is 5.32 Å². The zero-order chi connectivity index (χ0) is 12.1. The minimum atomic E-state index is 0.358. The standard InChI is InChI=1S/C15H23NO/c1-2-11-16-15(13-6-7-13)10-5-12-3-8-14(17)9-4-12/h3-4,8-9,13,15-17H,2,5-7,10-11H2,1H3. The molecular weight excluding hydrogens is 210 g/mol. The smallest absolute Gasteiger partial charge is 0.115 e. The molecule has 0 spiro atoms. The van der Waals surface area contributed by atoms with Crippen LogP contribution in [0.3, 0.4) is 0 Å². The molecule has 1 unspecified atom stereocenters. The van der Waals surface area contributed by atoms with Crippen molar-refractivity contribution >= 4 is 0 Å². The lowest BCUT2D eigenvalue weighted by Crippen LogP contribution is -2.32. The first kappa shape index (κ1) is 12.4. The third-order valence-corrected chi connectivity index (χ3v) is 3.53. The summed E-state index contributed by atoms with van der Waals surface area (Å²) in [6.07, 6.45) is 6.34. The van der Waals surface area contributed by atoms with Gasteiger partial charge in [-0.15, -0.1) is 0 Å². The summed E-state index contributed by atoms with van der Waals surface area (Å²) in [5.41, 5.74) is 1.33. The first-order chi connectivity index (χ1) is 8.29. The normalized spacial score (nSPS) is 17.0. The summed E-state index contributed by atoms with van der Waals surface area (Å²) in [5, 5.41) is 12.9. The van der Waals surface area contributed by atoms with Crippen molar-refractivity contribution < 1.29 is 5.11 Å². The molecule has 2 heteroatoms. The molecule has 2 rings (SSSR count). The minimum Gasteiger partial charge on any atom is -0.508 e. The van der Waals surface area contributed by atoms with E-state index >= 15 is 0 Å². The zero-order valence-corrected chi connectivity index (χ0v) is 10.7. The highest BCUT2D eigenvalue weighted by Crippen LogP contribution is 2.34. The molecule has 0 aliphatic heterocycles. The van der Waals surface area contributed by atoms with Crippen LogP contribution in [0.5, 0.6) is 5.75 Å². The number of aromatic hydroxyl groups is 1. The fourth-order valence-electron chi connectivity index (χ4n) is 2.32. The molecule has 0 aromatic heterocycles. The van der Waals surface area contributed by atoms with Gasteiger partial charge < -0.3 is 10.4 Å². The van der Waals surface area contributed by atoms with Gasteiger partial charge in [0.2, 0.25) is 0 Å². The molecule has 2 nitrogen and oxygen atoms in total. The molecule has 1 aliphatic carbocycles. The second kappa shape index (κ2) is 6.06. The summed E-state index contributed by atoms with van der Waals surface area (Å²) < 4.78 is 0. The highest BCUT2D eigenvalue weighted by Gasteiger charge is 2.30. The van der Waals surface area contributed by atoms with Crippen LogP contribution in [0.1, 0.15) is 38.2 Å². The summed E-state index contributed by atoms with van der Waals surface area (Å²) in [6, 6.07) is 8.31. The molecule has 17 heavy (non-hydrogen) atoms. The molecule has 1 aliphatic rings. The van der Waals surface area contributed by atoms with Crippen LogP contribution in [0.2, 0.25) is 0 Å². The second-order valence-electron chi connectivity index (χ2n) is 5.10. The fourth-order valence-corrected chi connectivity index (χ4v) is 2.32. The van der Waals surface area contributed by atoms with Crippen molar-refractivity contribution in [3.05, 3.63) is 29.8 Å². The number of aryl methyl sites for hydroxylation is 1. The molecule has 1 atom stereocenters. The van der Waals surface area contributed by atoms with E-state index in [1.807, 2.05) is 12.1 Å². The van der Waals surface area contributed by atoms with E-state index in [-0.39, 0.29) is 0 Å². The first-order valence-electron chi connectivity index (χ1n) is 6.81. The SMILES string of the molecule is CCCNC(CCc1ccc(O)cc1)C1CC1. The van der Waals surface area contributed by atoms with Crippen LogP contribution in [-0.2, 0) is 6.42 Å². The monoisotopic (exact) mass is 233 g/mol. The number of benzene rings is 1. The lowest BCUT2D eigenvalue weighted by Gasteiger charge is -2.17. The molecule has 1 fully saturated rings. The van der Waals surface area contributed by atoms with Gasteiger partial charge in [0.05, 0.1) is 0 Å². The Morgan fingerprint density at radius 1 is 1.29 bits per heavy atom. The Labute approximate surface area is 104 Å². The van der Waals surface area contributed by atoms with Crippen molar-refractivity contribution in [2.45, 2.75) is 45.1 Å². The summed E-state index contributed by atoms with van der Waals surface area (Å²) >= 11 is 0. The number of hydrogen-bond donors (Lipinski definition) is 2. The topological polar surface area (TPSA) is 32.3 Å². The predicted molar refractivity (Wildman–Crippen MR) is 71.2 cm³/mol. The Bertz CT molecular complexity index is 329. The summed E-state index contributed by atoms with van der Waals surface area (Å²) in [7, 11) is 0. The van der Waals surface area contributed by atoms with E-state index in [0.29, 0.717) is 11.8 Å². The van der Waals surface area contributed by atoms with Crippen molar-refractivity contribution in [3.8, 4) is 5.75 Å². The van der Waals surface area contributed by atoms with Crippen molar-refractivity contribution in [2.75, 3.05) is 6.54 Å². The Morgan fingerprint density at radius 2 is 2.00 bits per heavy atom. The van der Waals surface area contributed by atoms with E-state index in [9.17, 15) is 5.11 Å². The van der Waals surface area contributed by atoms with E-state index in [1.165, 1.54) is 31.2 Å². The van der Waals surface area contributed by atoms with Gasteiger partial charge in [-0.3, -0.25) is 0 Å². The highest BCUT2D eigenvalue weighted by atomic mass is 16.3. The first-order valence-corrected chi connectivity index (χ1v) is 6.81. The maximum atomic E-state index is 9.24. The Hall–Kier alpha value is -1.02. The maximum Gasteiger partial charge on any atom is 0.115 e. The number of hydrogen-bond acceptors (Lipinski definition) is 2. The van der Waals surface area contributed by atoms with Crippen molar-refractivity contribution in [2.24, 2.45) is 5.92 Å². The van der Waals surface area contributed by atoms with Crippen molar-refractivity contribution in [3.63, 3.8) is 0 Å². The van der Waals surface area contributed by atoms with Crippen LogP contribution >= 0.6 is 0 Å². The highest BCUT2D eigenvalue weighted by molar-refractivity contribution is 5.26. The second-order valence-corrected chi connectivity index (χ2v) is 5.10. The van der Waals surface area contributed by atoms with Gasteiger partial charge in [-0.25, -0.2) is 0 Å². The van der Waals surface area contributed by atoms with E-state index in [0.717, 1.165) is 18.9 Å².